The molecule has 0 aromatic heterocycles. The molecule has 7 nitrogen and oxygen atoms in total. The molecule has 3 rings (SSSR count). The maximum absolute atomic E-state index is 13.5. The summed E-state index contributed by atoms with van der Waals surface area (Å²) in [6, 6.07) is 2.81. The van der Waals surface area contributed by atoms with E-state index in [1.165, 1.54) is 11.0 Å². The number of nitrogens with zero attached hydrogens (tertiary/aromatic N) is 1. The first kappa shape index (κ1) is 19.6. The van der Waals surface area contributed by atoms with Gasteiger partial charge in [-0.3, -0.25) is 9.59 Å². The van der Waals surface area contributed by atoms with E-state index in [9.17, 15) is 22.8 Å². The number of nitrogens with two attached hydrogens (primary N) is 1. The number of morpholine rings is 1. The fourth-order valence-electron chi connectivity index (χ4n) is 2.84. The summed E-state index contributed by atoms with van der Waals surface area (Å²) in [4.78, 5) is 25.4. The molecular weight excluding hydrogens is 365 g/mol. The van der Waals surface area contributed by atoms with Crippen LogP contribution in [0.5, 0.6) is 0 Å². The number of carbonyl (C=O) groups excluding carboxylic acids is 2. The monoisotopic (exact) mass is 386 g/mol. The van der Waals surface area contributed by atoms with Crippen molar-refractivity contribution in [3.05, 3.63) is 23.8 Å². The van der Waals surface area contributed by atoms with Crippen LogP contribution in [-0.4, -0.2) is 50.2 Å². The highest BCUT2D eigenvalue weighted by Gasteiger charge is 2.36. The molecular formula is C17H21F3N4O3. The summed E-state index contributed by atoms with van der Waals surface area (Å²) in [6.07, 6.45) is -2.87. The number of nitrogens with one attached hydrogen (secondary N) is 2. The van der Waals surface area contributed by atoms with Gasteiger partial charge in [0.05, 0.1) is 23.9 Å². The summed E-state index contributed by atoms with van der Waals surface area (Å²) >= 11 is 0. The van der Waals surface area contributed by atoms with Gasteiger partial charge < -0.3 is 26.0 Å². The summed E-state index contributed by atoms with van der Waals surface area (Å²) in [5.74, 6) is -1.03. The molecule has 2 amide bonds. The molecule has 4 N–H and O–H groups in total. The Kier molecular flexibility index (Phi) is 5.68. The Balaban J connectivity index is 1.83. The van der Waals surface area contributed by atoms with Crippen LogP contribution in [0, 0.1) is 0 Å². The standard InChI is InChI=1S/C17H21F3N4O3/c18-17(19,20)12-7-11(24-5-6-27-9-15(24)25)3-4-13(12)23-16(26)14(8-21)22-10-1-2-10/h3-4,7,10,14,22H,1-2,5-6,8-9,21H2,(H,23,26)/t14-/m1/s1. The second-order valence-electron chi connectivity index (χ2n) is 6.54. The van der Waals surface area contributed by atoms with Gasteiger partial charge in [-0.2, -0.15) is 13.2 Å². The molecule has 0 spiro atoms. The molecule has 148 valence electrons. The number of halogens is 3. The number of rotatable bonds is 6. The predicted octanol–water partition coefficient (Wildman–Crippen LogP) is 1.09. The first-order valence-electron chi connectivity index (χ1n) is 8.66. The molecule has 10 heteroatoms. The SMILES string of the molecule is NC[C@@H](NC1CC1)C(=O)Nc1ccc(N2CCOCC2=O)cc1C(F)(F)F. The van der Waals surface area contributed by atoms with E-state index in [2.05, 4.69) is 10.6 Å². The predicted molar refractivity (Wildman–Crippen MR) is 92.2 cm³/mol. The maximum atomic E-state index is 13.5. The largest absolute Gasteiger partial charge is 0.418 e. The van der Waals surface area contributed by atoms with E-state index in [4.69, 9.17) is 10.5 Å². The second-order valence-corrected chi connectivity index (χ2v) is 6.54. The summed E-state index contributed by atoms with van der Waals surface area (Å²) in [5.41, 5.74) is 4.29. The third-order valence-electron chi connectivity index (χ3n) is 4.43. The number of ether oxygens (including phenoxy) is 1. The van der Waals surface area contributed by atoms with Gasteiger partial charge in [-0.05, 0) is 31.0 Å². The van der Waals surface area contributed by atoms with Crippen molar-refractivity contribution in [2.24, 2.45) is 5.73 Å². The van der Waals surface area contributed by atoms with Crippen LogP contribution < -0.4 is 21.3 Å². The molecule has 1 heterocycles. The maximum Gasteiger partial charge on any atom is 0.418 e. The van der Waals surface area contributed by atoms with E-state index in [-0.39, 0.29) is 43.7 Å². The van der Waals surface area contributed by atoms with Crippen molar-refractivity contribution in [1.82, 2.24) is 5.32 Å². The minimum absolute atomic E-state index is 0.0238. The van der Waals surface area contributed by atoms with Crippen LogP contribution in [0.4, 0.5) is 24.5 Å². The van der Waals surface area contributed by atoms with E-state index in [0.717, 1.165) is 25.0 Å². The zero-order chi connectivity index (χ0) is 19.6. The molecule has 0 bridgehead atoms. The lowest BCUT2D eigenvalue weighted by Crippen LogP contribution is -2.46. The van der Waals surface area contributed by atoms with Crippen LogP contribution in [-0.2, 0) is 20.5 Å². The lowest BCUT2D eigenvalue weighted by atomic mass is 10.1. The normalized spacial score (nSPS) is 19.1. The molecule has 1 aromatic rings. The molecule has 1 saturated carbocycles. The molecule has 0 unspecified atom stereocenters. The molecule has 1 aliphatic heterocycles. The number of alkyl halides is 3. The van der Waals surface area contributed by atoms with Gasteiger partial charge in [-0.15, -0.1) is 0 Å². The second kappa shape index (κ2) is 7.83. The topological polar surface area (TPSA) is 96.7 Å². The third kappa shape index (κ3) is 4.76. The van der Waals surface area contributed by atoms with Crippen LogP contribution in [0.25, 0.3) is 0 Å². The van der Waals surface area contributed by atoms with Crippen molar-refractivity contribution < 1.29 is 27.5 Å². The van der Waals surface area contributed by atoms with E-state index >= 15 is 0 Å². The number of carbonyl (C=O) groups is 2. The van der Waals surface area contributed by atoms with Gasteiger partial charge in [-0.1, -0.05) is 0 Å². The fraction of sp³-hybridized carbons (Fsp3) is 0.529. The number of anilines is 2. The molecule has 2 fully saturated rings. The Morgan fingerprint density at radius 2 is 2.11 bits per heavy atom. The third-order valence-corrected chi connectivity index (χ3v) is 4.43. The highest BCUT2D eigenvalue weighted by Crippen LogP contribution is 2.37. The van der Waals surface area contributed by atoms with Gasteiger partial charge in [-0.25, -0.2) is 0 Å². The minimum atomic E-state index is -4.70. The number of amides is 2. The van der Waals surface area contributed by atoms with Crippen molar-refractivity contribution in [1.29, 1.82) is 0 Å². The zero-order valence-electron chi connectivity index (χ0n) is 14.5. The first-order chi connectivity index (χ1) is 12.8. The first-order valence-corrected chi connectivity index (χ1v) is 8.66. The molecule has 2 aliphatic rings. The highest BCUT2D eigenvalue weighted by atomic mass is 19.4. The summed E-state index contributed by atoms with van der Waals surface area (Å²) in [5, 5.41) is 5.32. The number of hydrogen-bond acceptors (Lipinski definition) is 5. The Morgan fingerprint density at radius 1 is 1.37 bits per heavy atom. The smallest absolute Gasteiger partial charge is 0.370 e. The zero-order valence-corrected chi connectivity index (χ0v) is 14.5. The van der Waals surface area contributed by atoms with E-state index in [0.29, 0.717) is 0 Å². The average Bonchev–Trinajstić information content (AvgIpc) is 3.43. The van der Waals surface area contributed by atoms with Gasteiger partial charge in [0.2, 0.25) is 5.91 Å². The minimum Gasteiger partial charge on any atom is -0.370 e. The van der Waals surface area contributed by atoms with Gasteiger partial charge >= 0.3 is 6.18 Å². The van der Waals surface area contributed by atoms with Crippen molar-refractivity contribution >= 4 is 23.2 Å². The van der Waals surface area contributed by atoms with Crippen molar-refractivity contribution in [3.8, 4) is 0 Å². The van der Waals surface area contributed by atoms with Crippen LogP contribution in [0.2, 0.25) is 0 Å². The molecule has 1 atom stereocenters. The Morgan fingerprint density at radius 3 is 2.70 bits per heavy atom. The van der Waals surface area contributed by atoms with Crippen LogP contribution in [0.15, 0.2) is 18.2 Å². The van der Waals surface area contributed by atoms with E-state index in [1.54, 1.807) is 0 Å². The van der Waals surface area contributed by atoms with Crippen molar-refractivity contribution in [3.63, 3.8) is 0 Å². The highest BCUT2D eigenvalue weighted by molar-refractivity contribution is 5.98. The van der Waals surface area contributed by atoms with Gasteiger partial charge in [0.1, 0.15) is 6.61 Å². The molecule has 27 heavy (non-hydrogen) atoms. The van der Waals surface area contributed by atoms with Crippen LogP contribution in [0.1, 0.15) is 18.4 Å². The average molecular weight is 386 g/mol. The van der Waals surface area contributed by atoms with E-state index in [1.807, 2.05) is 0 Å². The summed E-state index contributed by atoms with van der Waals surface area (Å²) < 4.78 is 45.6. The molecule has 0 radical (unpaired) electrons. The fourth-order valence-corrected chi connectivity index (χ4v) is 2.84. The van der Waals surface area contributed by atoms with Crippen LogP contribution in [0.3, 0.4) is 0 Å². The molecule has 1 aliphatic carbocycles. The van der Waals surface area contributed by atoms with Gasteiger partial charge in [0.15, 0.2) is 0 Å². The van der Waals surface area contributed by atoms with Crippen molar-refractivity contribution in [2.45, 2.75) is 31.1 Å². The Labute approximate surface area is 154 Å². The Bertz CT molecular complexity index is 722. The van der Waals surface area contributed by atoms with Crippen LogP contribution >= 0.6 is 0 Å². The lowest BCUT2D eigenvalue weighted by molar-refractivity contribution is -0.137. The van der Waals surface area contributed by atoms with Gasteiger partial charge in [0, 0.05) is 24.8 Å². The van der Waals surface area contributed by atoms with E-state index < -0.39 is 29.6 Å². The quantitative estimate of drug-likeness (QED) is 0.680. The summed E-state index contributed by atoms with van der Waals surface area (Å²) in [7, 11) is 0. The molecule has 1 saturated heterocycles. The Hall–Kier alpha value is -2.17. The number of hydrogen-bond donors (Lipinski definition) is 3. The number of benzene rings is 1. The van der Waals surface area contributed by atoms with Crippen molar-refractivity contribution in [2.75, 3.05) is 36.5 Å². The lowest BCUT2D eigenvalue weighted by Gasteiger charge is -2.28. The van der Waals surface area contributed by atoms with Gasteiger partial charge in [0.25, 0.3) is 5.91 Å². The molecule has 1 aromatic carbocycles. The summed E-state index contributed by atoms with van der Waals surface area (Å²) in [6.45, 7) is 0.216.